The zero-order valence-electron chi connectivity index (χ0n) is 10.2. The molecule has 0 atom stereocenters. The number of hydrogen-bond acceptors (Lipinski definition) is 2. The fraction of sp³-hybridized carbons (Fsp3) is 0.133. The van der Waals surface area contributed by atoms with Crippen LogP contribution in [0.4, 0.5) is 0 Å². The zero-order valence-corrected chi connectivity index (χ0v) is 11.7. The maximum absolute atomic E-state index is 10.7. The average molecular weight is 293 g/mol. The molecule has 0 radical (unpaired) electrons. The van der Waals surface area contributed by atoms with E-state index in [0.29, 0.717) is 5.56 Å². The summed E-state index contributed by atoms with van der Waals surface area (Å²) in [5.41, 5.74) is 2.64. The quantitative estimate of drug-likeness (QED) is 0.883. The number of rotatable bonds is 5. The molecular formula is C15H13ClO2S. The van der Waals surface area contributed by atoms with Crippen LogP contribution in [0.3, 0.4) is 0 Å². The van der Waals surface area contributed by atoms with E-state index in [-0.39, 0.29) is 0 Å². The van der Waals surface area contributed by atoms with Crippen molar-refractivity contribution in [3.8, 4) is 0 Å². The second kappa shape index (κ2) is 6.64. The molecule has 0 bridgehead atoms. The molecule has 0 unspecified atom stereocenters. The standard InChI is InChI=1S/C15H13ClO2S/c16-14-3-1-2-12(8-14)10-19-9-11-4-6-13(7-5-11)15(17)18/h1-8H,9-10H2,(H,17,18). The molecule has 0 spiro atoms. The SMILES string of the molecule is O=C(O)c1ccc(CSCc2cccc(Cl)c2)cc1. The Kier molecular flexibility index (Phi) is 4.88. The molecule has 98 valence electrons. The van der Waals surface area contributed by atoms with Crippen molar-refractivity contribution in [2.24, 2.45) is 0 Å². The minimum atomic E-state index is -0.891. The lowest BCUT2D eigenvalue weighted by atomic mass is 10.1. The summed E-state index contributed by atoms with van der Waals surface area (Å²) in [6.07, 6.45) is 0. The Morgan fingerprint density at radius 1 is 1.05 bits per heavy atom. The molecule has 0 aliphatic carbocycles. The number of halogens is 1. The van der Waals surface area contributed by atoms with Gasteiger partial charge in [-0.25, -0.2) is 4.79 Å². The molecule has 19 heavy (non-hydrogen) atoms. The van der Waals surface area contributed by atoms with Gasteiger partial charge >= 0.3 is 5.97 Å². The van der Waals surface area contributed by atoms with Crippen LogP contribution in [-0.4, -0.2) is 11.1 Å². The minimum absolute atomic E-state index is 0.323. The van der Waals surface area contributed by atoms with E-state index in [1.165, 1.54) is 5.56 Å². The van der Waals surface area contributed by atoms with Crippen LogP contribution in [0.15, 0.2) is 48.5 Å². The van der Waals surface area contributed by atoms with E-state index in [0.717, 1.165) is 22.1 Å². The zero-order chi connectivity index (χ0) is 13.7. The molecule has 0 amide bonds. The highest BCUT2D eigenvalue weighted by Crippen LogP contribution is 2.20. The maximum atomic E-state index is 10.7. The summed E-state index contributed by atoms with van der Waals surface area (Å²) in [4.78, 5) is 10.7. The lowest BCUT2D eigenvalue weighted by molar-refractivity contribution is 0.0697. The van der Waals surface area contributed by atoms with Crippen LogP contribution >= 0.6 is 23.4 Å². The first-order valence-corrected chi connectivity index (χ1v) is 7.33. The van der Waals surface area contributed by atoms with E-state index >= 15 is 0 Å². The van der Waals surface area contributed by atoms with Crippen molar-refractivity contribution < 1.29 is 9.90 Å². The highest BCUT2D eigenvalue weighted by atomic mass is 35.5. The molecule has 0 saturated heterocycles. The van der Waals surface area contributed by atoms with Gasteiger partial charge in [-0.2, -0.15) is 11.8 Å². The number of thioether (sulfide) groups is 1. The Labute approximate surface area is 121 Å². The highest BCUT2D eigenvalue weighted by Gasteiger charge is 2.02. The van der Waals surface area contributed by atoms with Crippen molar-refractivity contribution in [2.75, 3.05) is 0 Å². The Morgan fingerprint density at radius 2 is 1.74 bits per heavy atom. The van der Waals surface area contributed by atoms with Gasteiger partial charge in [-0.3, -0.25) is 0 Å². The van der Waals surface area contributed by atoms with Gasteiger partial charge in [0.25, 0.3) is 0 Å². The monoisotopic (exact) mass is 292 g/mol. The summed E-state index contributed by atoms with van der Waals surface area (Å²) in [5, 5.41) is 9.56. The normalized spacial score (nSPS) is 10.4. The summed E-state index contributed by atoms with van der Waals surface area (Å²) >= 11 is 7.70. The molecular weight excluding hydrogens is 280 g/mol. The molecule has 0 fully saturated rings. The Bertz CT molecular complexity index is 567. The number of hydrogen-bond donors (Lipinski definition) is 1. The van der Waals surface area contributed by atoms with E-state index in [1.807, 2.05) is 36.4 Å². The number of carbonyl (C=O) groups is 1. The number of aromatic carboxylic acids is 1. The number of carboxylic acid groups (broad SMARTS) is 1. The van der Waals surface area contributed by atoms with Gasteiger partial charge in [0.15, 0.2) is 0 Å². The second-order valence-corrected chi connectivity index (χ2v) is 5.55. The topological polar surface area (TPSA) is 37.3 Å². The van der Waals surface area contributed by atoms with Crippen LogP contribution in [0.25, 0.3) is 0 Å². The van der Waals surface area contributed by atoms with Crippen LogP contribution in [0.1, 0.15) is 21.5 Å². The minimum Gasteiger partial charge on any atom is -0.478 e. The van der Waals surface area contributed by atoms with Crippen molar-refractivity contribution in [1.29, 1.82) is 0 Å². The van der Waals surface area contributed by atoms with Gasteiger partial charge in [-0.1, -0.05) is 35.9 Å². The molecule has 0 aliphatic rings. The van der Waals surface area contributed by atoms with Gasteiger partial charge in [0.05, 0.1) is 5.56 Å². The fourth-order valence-corrected chi connectivity index (χ4v) is 2.82. The first-order valence-electron chi connectivity index (χ1n) is 5.79. The third-order valence-electron chi connectivity index (χ3n) is 2.63. The molecule has 2 nitrogen and oxygen atoms in total. The molecule has 0 saturated carbocycles. The Morgan fingerprint density at radius 3 is 2.37 bits per heavy atom. The van der Waals surface area contributed by atoms with E-state index in [4.69, 9.17) is 16.7 Å². The highest BCUT2D eigenvalue weighted by molar-refractivity contribution is 7.97. The Balaban J connectivity index is 1.87. The number of benzene rings is 2. The third kappa shape index (κ3) is 4.30. The van der Waals surface area contributed by atoms with Crippen molar-refractivity contribution in [1.82, 2.24) is 0 Å². The second-order valence-electron chi connectivity index (χ2n) is 4.12. The van der Waals surface area contributed by atoms with Gasteiger partial charge in [0, 0.05) is 16.5 Å². The first-order chi connectivity index (χ1) is 9.15. The van der Waals surface area contributed by atoms with Gasteiger partial charge < -0.3 is 5.11 Å². The van der Waals surface area contributed by atoms with Crippen LogP contribution < -0.4 is 0 Å². The predicted octanol–water partition coefficient (Wildman–Crippen LogP) is 4.47. The summed E-state index contributed by atoms with van der Waals surface area (Å²) in [5.74, 6) is 0.853. The van der Waals surface area contributed by atoms with E-state index in [9.17, 15) is 4.79 Å². The lowest BCUT2D eigenvalue weighted by Crippen LogP contribution is -1.95. The Hall–Kier alpha value is -1.45. The van der Waals surface area contributed by atoms with Crippen LogP contribution in [0.5, 0.6) is 0 Å². The van der Waals surface area contributed by atoms with E-state index in [2.05, 4.69) is 0 Å². The first kappa shape index (κ1) is 14.0. The molecule has 2 aromatic rings. The molecule has 4 heteroatoms. The van der Waals surface area contributed by atoms with E-state index in [1.54, 1.807) is 23.9 Å². The number of carboxylic acids is 1. The van der Waals surface area contributed by atoms with Crippen molar-refractivity contribution in [3.05, 3.63) is 70.2 Å². The van der Waals surface area contributed by atoms with Crippen molar-refractivity contribution in [2.45, 2.75) is 11.5 Å². The molecule has 2 rings (SSSR count). The molecule has 2 aromatic carbocycles. The maximum Gasteiger partial charge on any atom is 0.335 e. The van der Waals surface area contributed by atoms with Crippen molar-refractivity contribution >= 4 is 29.3 Å². The third-order valence-corrected chi connectivity index (χ3v) is 3.94. The smallest absolute Gasteiger partial charge is 0.335 e. The van der Waals surface area contributed by atoms with E-state index < -0.39 is 5.97 Å². The average Bonchev–Trinajstić information content (AvgIpc) is 2.39. The van der Waals surface area contributed by atoms with Crippen LogP contribution in [0, 0.1) is 0 Å². The summed E-state index contributed by atoms with van der Waals surface area (Å²) in [7, 11) is 0. The predicted molar refractivity (Wildman–Crippen MR) is 79.9 cm³/mol. The summed E-state index contributed by atoms with van der Waals surface area (Å²) in [6, 6.07) is 14.8. The fourth-order valence-electron chi connectivity index (χ4n) is 1.66. The summed E-state index contributed by atoms with van der Waals surface area (Å²) in [6.45, 7) is 0. The van der Waals surface area contributed by atoms with Crippen LogP contribution in [0.2, 0.25) is 5.02 Å². The lowest BCUT2D eigenvalue weighted by Gasteiger charge is -2.03. The van der Waals surface area contributed by atoms with Gasteiger partial charge in [0.2, 0.25) is 0 Å². The van der Waals surface area contributed by atoms with Gasteiger partial charge in [0.1, 0.15) is 0 Å². The molecule has 0 aliphatic heterocycles. The van der Waals surface area contributed by atoms with Gasteiger partial charge in [-0.05, 0) is 35.4 Å². The molecule has 0 heterocycles. The van der Waals surface area contributed by atoms with Gasteiger partial charge in [-0.15, -0.1) is 0 Å². The molecule has 1 N–H and O–H groups in total. The van der Waals surface area contributed by atoms with Crippen LogP contribution in [-0.2, 0) is 11.5 Å². The van der Waals surface area contributed by atoms with Crippen molar-refractivity contribution in [3.63, 3.8) is 0 Å². The summed E-state index contributed by atoms with van der Waals surface area (Å²) < 4.78 is 0. The molecule has 0 aromatic heterocycles. The largest absolute Gasteiger partial charge is 0.478 e.